The van der Waals surface area contributed by atoms with Gasteiger partial charge in [0.15, 0.2) is 0 Å². The van der Waals surface area contributed by atoms with Crippen LogP contribution >= 0.6 is 22.9 Å². The van der Waals surface area contributed by atoms with Gasteiger partial charge in [0, 0.05) is 10.4 Å². The van der Waals surface area contributed by atoms with Crippen LogP contribution in [0.3, 0.4) is 0 Å². The minimum Gasteiger partial charge on any atom is -0.374 e. The maximum atomic E-state index is 5.94. The van der Waals surface area contributed by atoms with Gasteiger partial charge in [0.2, 0.25) is 0 Å². The van der Waals surface area contributed by atoms with Crippen LogP contribution in [0.15, 0.2) is 12.1 Å². The third-order valence-corrected chi connectivity index (χ3v) is 3.32. The molecular weight excluding hydrogens is 218 g/mol. The maximum Gasteiger partial charge on any atom is 0.0932 e. The van der Waals surface area contributed by atoms with Gasteiger partial charge < -0.3 is 10.5 Å². The molecule has 0 saturated heterocycles. The van der Waals surface area contributed by atoms with Gasteiger partial charge in [-0.05, 0) is 25.5 Å². The minimum atomic E-state index is -0.221. The first kappa shape index (κ1) is 12.0. The number of halogens is 1. The number of thiophene rings is 1. The lowest BCUT2D eigenvalue weighted by Crippen LogP contribution is -2.40. The molecule has 1 atom stereocenters. The minimum absolute atomic E-state index is 0.221. The van der Waals surface area contributed by atoms with Crippen LogP contribution in [0.2, 0.25) is 4.34 Å². The maximum absolute atomic E-state index is 5.94. The molecule has 0 aliphatic carbocycles. The average Bonchev–Trinajstić information content (AvgIpc) is 2.51. The molecule has 4 heteroatoms. The van der Waals surface area contributed by atoms with Crippen molar-refractivity contribution in [2.75, 3.05) is 6.61 Å². The van der Waals surface area contributed by atoms with Crippen molar-refractivity contribution < 1.29 is 4.74 Å². The van der Waals surface area contributed by atoms with Crippen molar-refractivity contribution in [3.63, 3.8) is 0 Å². The predicted octanol–water partition coefficient (Wildman–Crippen LogP) is 3.05. The summed E-state index contributed by atoms with van der Waals surface area (Å²) in [5.41, 5.74) is 5.72. The highest BCUT2D eigenvalue weighted by Gasteiger charge is 2.15. The first-order valence-electron chi connectivity index (χ1n) is 4.64. The standard InChI is InChI=1S/C10H16ClNOS/c1-3-10(2,12)7-13-6-8-4-5-9(11)14-8/h4-5H,3,6-7,12H2,1-2H3. The highest BCUT2D eigenvalue weighted by atomic mass is 35.5. The summed E-state index contributed by atoms with van der Waals surface area (Å²) in [5.74, 6) is 0. The van der Waals surface area contributed by atoms with Gasteiger partial charge in [-0.2, -0.15) is 0 Å². The molecular formula is C10H16ClNOS. The lowest BCUT2D eigenvalue weighted by atomic mass is 10.0. The first-order chi connectivity index (χ1) is 6.53. The molecule has 2 N–H and O–H groups in total. The smallest absolute Gasteiger partial charge is 0.0932 e. The van der Waals surface area contributed by atoms with Gasteiger partial charge in [-0.25, -0.2) is 0 Å². The summed E-state index contributed by atoms with van der Waals surface area (Å²) < 4.78 is 6.32. The van der Waals surface area contributed by atoms with Crippen LogP contribution in [0.4, 0.5) is 0 Å². The van der Waals surface area contributed by atoms with E-state index in [0.717, 1.165) is 15.6 Å². The Morgan fingerprint density at radius 3 is 2.79 bits per heavy atom. The van der Waals surface area contributed by atoms with Crippen LogP contribution in [0.25, 0.3) is 0 Å². The Bertz CT molecular complexity index is 285. The summed E-state index contributed by atoms with van der Waals surface area (Å²) in [6.45, 7) is 5.24. The van der Waals surface area contributed by atoms with E-state index in [1.54, 1.807) is 11.3 Å². The summed E-state index contributed by atoms with van der Waals surface area (Å²) >= 11 is 7.34. The summed E-state index contributed by atoms with van der Waals surface area (Å²) in [4.78, 5) is 1.14. The number of hydrogen-bond donors (Lipinski definition) is 1. The molecule has 1 aromatic rings. The van der Waals surface area contributed by atoms with E-state index in [1.807, 2.05) is 19.1 Å². The normalized spacial score (nSPS) is 15.4. The molecule has 80 valence electrons. The van der Waals surface area contributed by atoms with Gasteiger partial charge in [0.1, 0.15) is 0 Å². The van der Waals surface area contributed by atoms with Crippen molar-refractivity contribution in [1.29, 1.82) is 0 Å². The SMILES string of the molecule is CCC(C)(N)COCc1ccc(Cl)s1. The predicted molar refractivity (Wildman–Crippen MR) is 61.9 cm³/mol. The van der Waals surface area contributed by atoms with Gasteiger partial charge >= 0.3 is 0 Å². The van der Waals surface area contributed by atoms with Crippen LogP contribution in [0, 0.1) is 0 Å². The summed E-state index contributed by atoms with van der Waals surface area (Å²) in [6.07, 6.45) is 0.915. The fourth-order valence-corrected chi connectivity index (χ4v) is 1.94. The number of rotatable bonds is 5. The highest BCUT2D eigenvalue weighted by Crippen LogP contribution is 2.22. The van der Waals surface area contributed by atoms with Crippen LogP contribution in [-0.4, -0.2) is 12.1 Å². The van der Waals surface area contributed by atoms with E-state index >= 15 is 0 Å². The summed E-state index contributed by atoms with van der Waals surface area (Å²) in [7, 11) is 0. The Balaban J connectivity index is 2.28. The van der Waals surface area contributed by atoms with Crippen molar-refractivity contribution in [2.45, 2.75) is 32.4 Å². The Morgan fingerprint density at radius 1 is 1.57 bits per heavy atom. The summed E-state index contributed by atoms with van der Waals surface area (Å²) in [6, 6.07) is 3.86. The molecule has 2 nitrogen and oxygen atoms in total. The van der Waals surface area contributed by atoms with Crippen LogP contribution in [-0.2, 0) is 11.3 Å². The molecule has 0 bridgehead atoms. The monoisotopic (exact) mass is 233 g/mol. The summed E-state index contributed by atoms with van der Waals surface area (Å²) in [5, 5.41) is 0. The fourth-order valence-electron chi connectivity index (χ4n) is 0.916. The van der Waals surface area contributed by atoms with Crippen molar-refractivity contribution in [1.82, 2.24) is 0 Å². The molecule has 0 spiro atoms. The number of ether oxygens (including phenoxy) is 1. The van der Waals surface area contributed by atoms with E-state index < -0.39 is 0 Å². The van der Waals surface area contributed by atoms with Crippen molar-refractivity contribution >= 4 is 22.9 Å². The second kappa shape index (κ2) is 5.12. The van der Waals surface area contributed by atoms with Crippen molar-refractivity contribution in [3.05, 3.63) is 21.3 Å². The van der Waals surface area contributed by atoms with Crippen LogP contribution in [0.1, 0.15) is 25.1 Å². The van der Waals surface area contributed by atoms with E-state index in [4.69, 9.17) is 22.1 Å². The van der Waals surface area contributed by atoms with Gasteiger partial charge in [0.05, 0.1) is 17.6 Å². The molecule has 0 amide bonds. The lowest BCUT2D eigenvalue weighted by Gasteiger charge is -2.21. The molecule has 0 aromatic carbocycles. The van der Waals surface area contributed by atoms with Gasteiger partial charge in [-0.3, -0.25) is 0 Å². The Labute approximate surface area is 94.0 Å². The van der Waals surface area contributed by atoms with E-state index in [0.29, 0.717) is 13.2 Å². The average molecular weight is 234 g/mol. The highest BCUT2D eigenvalue weighted by molar-refractivity contribution is 7.16. The molecule has 1 unspecified atom stereocenters. The van der Waals surface area contributed by atoms with E-state index in [-0.39, 0.29) is 5.54 Å². The molecule has 1 aromatic heterocycles. The quantitative estimate of drug-likeness (QED) is 0.849. The molecule has 0 aliphatic heterocycles. The lowest BCUT2D eigenvalue weighted by molar-refractivity contribution is 0.0794. The topological polar surface area (TPSA) is 35.2 Å². The molecule has 14 heavy (non-hydrogen) atoms. The van der Waals surface area contributed by atoms with Gasteiger partial charge in [-0.1, -0.05) is 18.5 Å². The molecule has 0 aliphatic rings. The third-order valence-electron chi connectivity index (χ3n) is 2.11. The van der Waals surface area contributed by atoms with Crippen LogP contribution in [0.5, 0.6) is 0 Å². The zero-order valence-corrected chi connectivity index (χ0v) is 10.1. The van der Waals surface area contributed by atoms with Gasteiger partial charge in [-0.15, -0.1) is 11.3 Å². The molecule has 0 saturated carbocycles. The largest absolute Gasteiger partial charge is 0.374 e. The van der Waals surface area contributed by atoms with E-state index in [9.17, 15) is 0 Å². The van der Waals surface area contributed by atoms with Gasteiger partial charge in [0.25, 0.3) is 0 Å². The van der Waals surface area contributed by atoms with Crippen molar-refractivity contribution in [2.24, 2.45) is 5.73 Å². The zero-order chi connectivity index (χ0) is 10.6. The Hall–Kier alpha value is -0.0900. The second-order valence-corrected chi connectivity index (χ2v) is 5.51. The molecule has 1 heterocycles. The number of hydrogen-bond acceptors (Lipinski definition) is 3. The van der Waals surface area contributed by atoms with Crippen LogP contribution < -0.4 is 5.73 Å². The van der Waals surface area contributed by atoms with Crippen molar-refractivity contribution in [3.8, 4) is 0 Å². The Morgan fingerprint density at radius 2 is 2.29 bits per heavy atom. The molecule has 1 rings (SSSR count). The number of nitrogens with two attached hydrogens (primary N) is 1. The molecule has 0 fully saturated rings. The first-order valence-corrected chi connectivity index (χ1v) is 5.84. The second-order valence-electron chi connectivity index (χ2n) is 3.71. The zero-order valence-electron chi connectivity index (χ0n) is 8.55. The van der Waals surface area contributed by atoms with E-state index in [1.165, 1.54) is 0 Å². The third kappa shape index (κ3) is 3.96. The van der Waals surface area contributed by atoms with E-state index in [2.05, 4.69) is 6.92 Å². The Kier molecular flexibility index (Phi) is 4.38. The molecule has 0 radical (unpaired) electrons. The fraction of sp³-hybridized carbons (Fsp3) is 0.600.